The molecule has 0 radical (unpaired) electrons. The quantitative estimate of drug-likeness (QED) is 0.908. The van der Waals surface area contributed by atoms with Gasteiger partial charge in [0.05, 0.1) is 11.6 Å². The van der Waals surface area contributed by atoms with E-state index >= 15 is 0 Å². The van der Waals surface area contributed by atoms with E-state index in [4.69, 9.17) is 5.26 Å². The van der Waals surface area contributed by atoms with E-state index in [0.717, 1.165) is 22.7 Å². The molecule has 96 valence electrons. The van der Waals surface area contributed by atoms with Gasteiger partial charge < -0.3 is 5.32 Å². The zero-order valence-electron chi connectivity index (χ0n) is 10.8. The lowest BCUT2D eigenvalue weighted by Crippen LogP contribution is -2.36. The summed E-state index contributed by atoms with van der Waals surface area (Å²) >= 11 is 3.42. The molecule has 0 heterocycles. The van der Waals surface area contributed by atoms with Gasteiger partial charge in [-0.3, -0.25) is 4.90 Å². The molecule has 0 amide bonds. The molecule has 18 heavy (non-hydrogen) atoms. The lowest BCUT2D eigenvalue weighted by molar-refractivity contribution is 0.257. The molecule has 1 unspecified atom stereocenters. The average Bonchev–Trinajstić information content (AvgIpc) is 3.18. The maximum absolute atomic E-state index is 8.93. The second-order valence-corrected chi connectivity index (χ2v) is 5.88. The van der Waals surface area contributed by atoms with Crippen LogP contribution in [0.15, 0.2) is 22.7 Å². The minimum Gasteiger partial charge on any atom is -0.383 e. The highest BCUT2D eigenvalue weighted by atomic mass is 79.9. The number of hydrogen-bond acceptors (Lipinski definition) is 3. The van der Waals surface area contributed by atoms with Crippen molar-refractivity contribution in [1.82, 2.24) is 4.90 Å². The van der Waals surface area contributed by atoms with E-state index in [2.05, 4.69) is 46.2 Å². The first-order chi connectivity index (χ1) is 8.60. The molecule has 0 saturated heterocycles. The number of benzene rings is 1. The number of anilines is 1. The third kappa shape index (κ3) is 3.47. The zero-order chi connectivity index (χ0) is 13.1. The third-order valence-electron chi connectivity index (χ3n) is 3.45. The fraction of sp³-hybridized carbons (Fsp3) is 0.500. The summed E-state index contributed by atoms with van der Waals surface area (Å²) < 4.78 is 0.937. The molecule has 1 N–H and O–H groups in total. The van der Waals surface area contributed by atoms with Crippen LogP contribution in [0.25, 0.3) is 0 Å². The van der Waals surface area contributed by atoms with E-state index in [9.17, 15) is 0 Å². The molecule has 0 aliphatic heterocycles. The minimum atomic E-state index is 0.502. The van der Waals surface area contributed by atoms with E-state index in [0.29, 0.717) is 11.6 Å². The van der Waals surface area contributed by atoms with Gasteiger partial charge in [0, 0.05) is 28.8 Å². The molecule has 1 saturated carbocycles. The summed E-state index contributed by atoms with van der Waals surface area (Å²) in [4.78, 5) is 2.43. The Morgan fingerprint density at radius 2 is 2.22 bits per heavy atom. The van der Waals surface area contributed by atoms with Gasteiger partial charge in [-0.2, -0.15) is 5.26 Å². The summed E-state index contributed by atoms with van der Waals surface area (Å²) in [6.45, 7) is 3.13. The molecular formula is C14H18BrN3. The van der Waals surface area contributed by atoms with Gasteiger partial charge in [0.2, 0.25) is 0 Å². The van der Waals surface area contributed by atoms with Crippen molar-refractivity contribution in [3.8, 4) is 6.07 Å². The van der Waals surface area contributed by atoms with Crippen molar-refractivity contribution >= 4 is 21.6 Å². The van der Waals surface area contributed by atoms with E-state index < -0.39 is 0 Å². The molecule has 1 aliphatic carbocycles. The van der Waals surface area contributed by atoms with Crippen LogP contribution in [0.2, 0.25) is 0 Å². The summed E-state index contributed by atoms with van der Waals surface area (Å²) in [6, 6.07) is 9.16. The summed E-state index contributed by atoms with van der Waals surface area (Å²) in [5, 5.41) is 12.3. The van der Waals surface area contributed by atoms with Crippen molar-refractivity contribution in [2.24, 2.45) is 0 Å². The van der Waals surface area contributed by atoms with E-state index in [1.165, 1.54) is 12.8 Å². The van der Waals surface area contributed by atoms with Crippen LogP contribution >= 0.6 is 15.9 Å². The molecule has 1 fully saturated rings. The summed E-state index contributed by atoms with van der Waals surface area (Å²) in [5.74, 6) is 0. The molecule has 0 bridgehead atoms. The highest BCUT2D eigenvalue weighted by molar-refractivity contribution is 9.10. The monoisotopic (exact) mass is 307 g/mol. The second kappa shape index (κ2) is 5.73. The Kier molecular flexibility index (Phi) is 4.26. The number of halogens is 1. The number of rotatable bonds is 5. The van der Waals surface area contributed by atoms with Crippen LogP contribution in [0.1, 0.15) is 25.3 Å². The van der Waals surface area contributed by atoms with Gasteiger partial charge in [-0.1, -0.05) is 15.9 Å². The smallest absolute Gasteiger partial charge is 0.0992 e. The van der Waals surface area contributed by atoms with Gasteiger partial charge in [-0.25, -0.2) is 0 Å². The Hall–Kier alpha value is -1.05. The Balaban J connectivity index is 1.93. The SMILES string of the molecule is CC(CNc1cc(Br)cc(C#N)c1)N(C)C1CC1. The van der Waals surface area contributed by atoms with Crippen LogP contribution in [0, 0.1) is 11.3 Å². The number of hydrogen-bond donors (Lipinski definition) is 1. The van der Waals surface area contributed by atoms with Crippen molar-refractivity contribution in [3.05, 3.63) is 28.2 Å². The third-order valence-corrected chi connectivity index (χ3v) is 3.90. The molecule has 4 heteroatoms. The van der Waals surface area contributed by atoms with Gasteiger partial charge in [-0.15, -0.1) is 0 Å². The second-order valence-electron chi connectivity index (χ2n) is 4.97. The van der Waals surface area contributed by atoms with Gasteiger partial charge >= 0.3 is 0 Å². The topological polar surface area (TPSA) is 39.1 Å². The van der Waals surface area contributed by atoms with Crippen LogP contribution < -0.4 is 5.32 Å². The van der Waals surface area contributed by atoms with Crippen molar-refractivity contribution in [1.29, 1.82) is 5.26 Å². The number of nitriles is 1. The van der Waals surface area contributed by atoms with Crippen LogP contribution in [-0.2, 0) is 0 Å². The molecule has 1 aromatic carbocycles. The number of nitrogens with one attached hydrogen (secondary N) is 1. The fourth-order valence-corrected chi connectivity index (χ4v) is 2.50. The van der Waals surface area contributed by atoms with Crippen molar-refractivity contribution in [2.45, 2.75) is 31.8 Å². The van der Waals surface area contributed by atoms with E-state index in [1.807, 2.05) is 18.2 Å². The van der Waals surface area contributed by atoms with Gasteiger partial charge in [0.25, 0.3) is 0 Å². The summed E-state index contributed by atoms with van der Waals surface area (Å²) in [7, 11) is 2.19. The van der Waals surface area contributed by atoms with Gasteiger partial charge in [0.15, 0.2) is 0 Å². The first-order valence-electron chi connectivity index (χ1n) is 6.26. The molecule has 0 aromatic heterocycles. The summed E-state index contributed by atoms with van der Waals surface area (Å²) in [5.41, 5.74) is 1.67. The highest BCUT2D eigenvalue weighted by Crippen LogP contribution is 2.27. The lowest BCUT2D eigenvalue weighted by atomic mass is 10.2. The Morgan fingerprint density at radius 1 is 1.50 bits per heavy atom. The number of likely N-dealkylation sites (N-methyl/N-ethyl adjacent to an activating group) is 1. The van der Waals surface area contributed by atoms with Crippen molar-refractivity contribution in [3.63, 3.8) is 0 Å². The molecule has 1 aromatic rings. The Morgan fingerprint density at radius 3 is 2.83 bits per heavy atom. The molecule has 1 aliphatic rings. The minimum absolute atomic E-state index is 0.502. The average molecular weight is 308 g/mol. The largest absolute Gasteiger partial charge is 0.383 e. The van der Waals surface area contributed by atoms with Crippen LogP contribution in [0.3, 0.4) is 0 Å². The standard InChI is InChI=1S/C14H18BrN3/c1-10(18(2)14-3-4-14)9-17-13-6-11(8-16)5-12(15)7-13/h5-7,10,14,17H,3-4,9H2,1-2H3. The fourth-order valence-electron chi connectivity index (χ4n) is 2.01. The van der Waals surface area contributed by atoms with Crippen LogP contribution in [-0.4, -0.2) is 30.6 Å². The predicted molar refractivity (Wildman–Crippen MR) is 77.6 cm³/mol. The van der Waals surface area contributed by atoms with Crippen LogP contribution in [0.4, 0.5) is 5.69 Å². The van der Waals surface area contributed by atoms with E-state index in [1.54, 1.807) is 0 Å². The molecule has 0 spiro atoms. The maximum atomic E-state index is 8.93. The van der Waals surface area contributed by atoms with E-state index in [-0.39, 0.29) is 0 Å². The Bertz CT molecular complexity index is 463. The zero-order valence-corrected chi connectivity index (χ0v) is 12.4. The molecular weight excluding hydrogens is 290 g/mol. The van der Waals surface area contributed by atoms with Crippen LogP contribution in [0.5, 0.6) is 0 Å². The molecule has 3 nitrogen and oxygen atoms in total. The molecule has 1 atom stereocenters. The predicted octanol–water partition coefficient (Wildman–Crippen LogP) is 3.22. The van der Waals surface area contributed by atoms with Crippen molar-refractivity contribution < 1.29 is 0 Å². The van der Waals surface area contributed by atoms with Gasteiger partial charge in [-0.05, 0) is 45.0 Å². The molecule has 2 rings (SSSR count). The first kappa shape index (κ1) is 13.4. The lowest BCUT2D eigenvalue weighted by Gasteiger charge is -2.25. The highest BCUT2D eigenvalue weighted by Gasteiger charge is 2.28. The Labute approximate surface area is 117 Å². The first-order valence-corrected chi connectivity index (χ1v) is 7.06. The normalized spacial score (nSPS) is 16.4. The summed E-state index contributed by atoms with van der Waals surface area (Å²) in [6.07, 6.45) is 2.66. The number of nitrogens with zero attached hydrogens (tertiary/aromatic N) is 2. The van der Waals surface area contributed by atoms with Crippen molar-refractivity contribution in [2.75, 3.05) is 18.9 Å². The van der Waals surface area contributed by atoms with Gasteiger partial charge in [0.1, 0.15) is 0 Å². The maximum Gasteiger partial charge on any atom is 0.0992 e.